The van der Waals surface area contributed by atoms with Crippen molar-refractivity contribution in [3.8, 4) is 11.5 Å². The summed E-state index contributed by atoms with van der Waals surface area (Å²) in [6.07, 6.45) is 3.76. The van der Waals surface area contributed by atoms with E-state index in [1.165, 1.54) is 11.8 Å². The Morgan fingerprint density at radius 1 is 1.27 bits per heavy atom. The second-order valence-corrected chi connectivity index (χ2v) is 8.07. The van der Waals surface area contributed by atoms with Gasteiger partial charge < -0.3 is 14.4 Å². The molecule has 1 aliphatic heterocycles. The molecule has 0 aliphatic carbocycles. The number of methoxy groups -OCH3 is 1. The number of ether oxygens (including phenoxy) is 2. The summed E-state index contributed by atoms with van der Waals surface area (Å²) in [5.74, 6) is 0.668. The first kappa shape index (κ1) is 21.7. The van der Waals surface area contributed by atoms with Crippen molar-refractivity contribution in [1.29, 1.82) is 0 Å². The maximum atomic E-state index is 12.1. The number of anilines is 1. The fourth-order valence-corrected chi connectivity index (χ4v) is 3.58. The zero-order valence-electron chi connectivity index (χ0n) is 17.8. The largest absolute Gasteiger partial charge is 0.493 e. The first-order chi connectivity index (χ1) is 14.2. The minimum atomic E-state index is -0.385. The number of halogens is 1. The van der Waals surface area contributed by atoms with Crippen LogP contribution >= 0.6 is 11.6 Å². The number of nitrogens with one attached hydrogen (secondary N) is 1. The molecule has 0 saturated heterocycles. The summed E-state index contributed by atoms with van der Waals surface area (Å²) in [4.78, 5) is 14.2. The Hall–Kier alpha value is -2.99. The number of allylic oxidation sites excluding steroid dienone is 1. The molecule has 1 amide bonds. The van der Waals surface area contributed by atoms with Crippen molar-refractivity contribution in [1.82, 2.24) is 5.43 Å². The lowest BCUT2D eigenvalue weighted by atomic mass is 9.88. The monoisotopic (exact) mass is 427 g/mol. The molecule has 0 bridgehead atoms. The number of nitrogens with zero attached hydrogens (tertiary/aromatic N) is 2. The smallest absolute Gasteiger partial charge is 0.277 e. The van der Waals surface area contributed by atoms with Crippen LogP contribution in [0.25, 0.3) is 5.57 Å². The van der Waals surface area contributed by atoms with Gasteiger partial charge in [0.05, 0.1) is 23.9 Å². The number of hydrogen-bond acceptors (Lipinski definition) is 5. The lowest BCUT2D eigenvalue weighted by Gasteiger charge is -2.40. The summed E-state index contributed by atoms with van der Waals surface area (Å²) in [5, 5.41) is 4.59. The molecule has 0 saturated carbocycles. The van der Waals surface area contributed by atoms with E-state index < -0.39 is 0 Å². The molecular weight excluding hydrogens is 402 g/mol. The fraction of sp³-hybridized carbons (Fsp3) is 0.304. The number of carbonyl (C=O) groups is 1. The van der Waals surface area contributed by atoms with Crippen LogP contribution in [-0.2, 0) is 4.79 Å². The van der Waals surface area contributed by atoms with Gasteiger partial charge in [-0.05, 0) is 50.6 Å². The molecule has 158 valence electrons. The molecular formula is C23H26ClN3O3. The zero-order chi connectivity index (χ0) is 21.9. The van der Waals surface area contributed by atoms with Crippen molar-refractivity contribution in [2.24, 2.45) is 5.10 Å². The molecule has 0 radical (unpaired) electrons. The zero-order valence-corrected chi connectivity index (χ0v) is 18.6. The Kier molecular flexibility index (Phi) is 6.37. The van der Waals surface area contributed by atoms with Crippen LogP contribution in [0.3, 0.4) is 0 Å². The SMILES string of the molecule is COc1ccccc1OCC(=O)N/N=C\c1cc2c(cc1Cl)N(C)C(C)(C)C=C2C. The van der Waals surface area contributed by atoms with Crippen LogP contribution in [0.15, 0.2) is 47.6 Å². The van der Waals surface area contributed by atoms with Crippen LogP contribution in [0.4, 0.5) is 5.69 Å². The number of likely N-dealkylation sites (N-methyl/N-ethyl adjacent to an activating group) is 1. The van der Waals surface area contributed by atoms with Gasteiger partial charge in [0, 0.05) is 23.9 Å². The Bertz CT molecular complexity index is 1010. The van der Waals surface area contributed by atoms with E-state index in [1.54, 1.807) is 25.3 Å². The van der Waals surface area contributed by atoms with E-state index in [-0.39, 0.29) is 18.1 Å². The van der Waals surface area contributed by atoms with E-state index in [4.69, 9.17) is 21.1 Å². The Balaban J connectivity index is 1.67. The molecule has 1 N–H and O–H groups in total. The van der Waals surface area contributed by atoms with E-state index >= 15 is 0 Å². The van der Waals surface area contributed by atoms with Crippen molar-refractivity contribution in [2.45, 2.75) is 26.3 Å². The van der Waals surface area contributed by atoms with Gasteiger partial charge in [-0.25, -0.2) is 5.43 Å². The lowest BCUT2D eigenvalue weighted by molar-refractivity contribution is -0.123. The predicted molar refractivity (Wildman–Crippen MR) is 122 cm³/mol. The number of para-hydroxylation sites is 2. The van der Waals surface area contributed by atoms with E-state index in [0.717, 1.165) is 16.8 Å². The van der Waals surface area contributed by atoms with Gasteiger partial charge in [0.15, 0.2) is 18.1 Å². The van der Waals surface area contributed by atoms with Crippen molar-refractivity contribution < 1.29 is 14.3 Å². The third-order valence-corrected chi connectivity index (χ3v) is 5.48. The minimum absolute atomic E-state index is 0.0918. The molecule has 2 aromatic carbocycles. The molecule has 6 nitrogen and oxygen atoms in total. The highest BCUT2D eigenvalue weighted by Gasteiger charge is 2.29. The molecule has 2 aromatic rings. The molecule has 1 heterocycles. The molecule has 0 atom stereocenters. The average molecular weight is 428 g/mol. The normalized spacial score (nSPS) is 14.9. The van der Waals surface area contributed by atoms with E-state index in [9.17, 15) is 4.79 Å². The molecule has 1 aliphatic rings. The predicted octanol–water partition coefficient (Wildman–Crippen LogP) is 4.51. The summed E-state index contributed by atoms with van der Waals surface area (Å²) >= 11 is 6.47. The fourth-order valence-electron chi connectivity index (χ4n) is 3.37. The summed E-state index contributed by atoms with van der Waals surface area (Å²) in [6.45, 7) is 6.22. The van der Waals surface area contributed by atoms with Crippen LogP contribution in [0.5, 0.6) is 11.5 Å². The first-order valence-corrected chi connectivity index (χ1v) is 9.95. The number of carbonyl (C=O) groups excluding carboxylic acids is 1. The van der Waals surface area contributed by atoms with Gasteiger partial charge in [-0.15, -0.1) is 0 Å². The Labute approximate surface area is 182 Å². The second kappa shape index (κ2) is 8.79. The van der Waals surface area contributed by atoms with Crippen LogP contribution in [0.2, 0.25) is 5.02 Å². The third-order valence-electron chi connectivity index (χ3n) is 5.16. The van der Waals surface area contributed by atoms with Crippen LogP contribution in [0, 0.1) is 0 Å². The topological polar surface area (TPSA) is 63.2 Å². The highest BCUT2D eigenvalue weighted by atomic mass is 35.5. The Morgan fingerprint density at radius 3 is 2.67 bits per heavy atom. The van der Waals surface area contributed by atoms with Crippen molar-refractivity contribution in [3.05, 3.63) is 58.6 Å². The van der Waals surface area contributed by atoms with Gasteiger partial charge in [0.2, 0.25) is 0 Å². The molecule has 0 fully saturated rings. The molecule has 0 spiro atoms. The maximum Gasteiger partial charge on any atom is 0.277 e. The maximum absolute atomic E-state index is 12.1. The number of hydrogen-bond donors (Lipinski definition) is 1. The van der Waals surface area contributed by atoms with Crippen LogP contribution in [-0.4, -0.2) is 38.4 Å². The number of amides is 1. The third kappa shape index (κ3) is 4.60. The minimum Gasteiger partial charge on any atom is -0.493 e. The van der Waals surface area contributed by atoms with Crippen LogP contribution < -0.4 is 19.8 Å². The quantitative estimate of drug-likeness (QED) is 0.544. The summed E-state index contributed by atoms with van der Waals surface area (Å²) in [7, 11) is 3.60. The molecule has 7 heteroatoms. The molecule has 0 aromatic heterocycles. The summed E-state index contributed by atoms with van der Waals surface area (Å²) in [6, 6.07) is 11.0. The van der Waals surface area contributed by atoms with Gasteiger partial charge in [-0.3, -0.25) is 4.79 Å². The molecule has 30 heavy (non-hydrogen) atoms. The number of hydrazone groups is 1. The van der Waals surface area contributed by atoms with Gasteiger partial charge in [-0.1, -0.05) is 29.8 Å². The van der Waals surface area contributed by atoms with E-state index in [2.05, 4.69) is 42.3 Å². The van der Waals surface area contributed by atoms with Crippen molar-refractivity contribution in [3.63, 3.8) is 0 Å². The highest BCUT2D eigenvalue weighted by Crippen LogP contribution is 2.40. The van der Waals surface area contributed by atoms with Crippen molar-refractivity contribution >= 4 is 35.0 Å². The standard InChI is InChI=1S/C23H26ClN3O3/c1-15-12-23(2,3)27(4)19-11-18(24)16(10-17(15)19)13-25-26-22(28)14-30-21-9-7-6-8-20(21)29-5/h6-13H,14H2,1-5H3,(H,26,28)/b25-13-. The highest BCUT2D eigenvalue weighted by molar-refractivity contribution is 6.33. The molecule has 3 rings (SSSR count). The van der Waals surface area contributed by atoms with E-state index in [1.807, 2.05) is 25.2 Å². The summed E-state index contributed by atoms with van der Waals surface area (Å²) in [5.41, 5.74) is 6.42. The number of fused-ring (bicyclic) bond motifs is 1. The van der Waals surface area contributed by atoms with Crippen LogP contribution in [0.1, 0.15) is 31.9 Å². The second-order valence-electron chi connectivity index (χ2n) is 7.66. The van der Waals surface area contributed by atoms with Gasteiger partial charge in [0.25, 0.3) is 5.91 Å². The average Bonchev–Trinajstić information content (AvgIpc) is 2.71. The van der Waals surface area contributed by atoms with Crippen molar-refractivity contribution in [2.75, 3.05) is 25.7 Å². The first-order valence-electron chi connectivity index (χ1n) is 9.58. The van der Waals surface area contributed by atoms with Gasteiger partial charge in [0.1, 0.15) is 0 Å². The lowest BCUT2D eigenvalue weighted by Crippen LogP contribution is -2.42. The summed E-state index contributed by atoms with van der Waals surface area (Å²) < 4.78 is 10.7. The van der Waals surface area contributed by atoms with Gasteiger partial charge >= 0.3 is 0 Å². The molecule has 0 unspecified atom stereocenters. The Morgan fingerprint density at radius 2 is 1.97 bits per heavy atom. The van der Waals surface area contributed by atoms with Gasteiger partial charge in [-0.2, -0.15) is 5.10 Å². The van der Waals surface area contributed by atoms with E-state index in [0.29, 0.717) is 16.5 Å². The number of benzene rings is 2. The number of rotatable bonds is 6.